The molecule has 5 rings (SSSR count). The molecule has 11 heteroatoms. The van der Waals surface area contributed by atoms with Gasteiger partial charge in [0, 0.05) is 17.2 Å². The topological polar surface area (TPSA) is 136 Å². The summed E-state index contributed by atoms with van der Waals surface area (Å²) >= 11 is 6.35. The third kappa shape index (κ3) is 3.59. The van der Waals surface area contributed by atoms with Crippen molar-refractivity contribution in [1.29, 1.82) is 5.26 Å². The smallest absolute Gasteiger partial charge is 0.326 e. The maximum absolute atomic E-state index is 11.9. The van der Waals surface area contributed by atoms with E-state index in [-0.39, 0.29) is 5.70 Å². The van der Waals surface area contributed by atoms with Crippen LogP contribution in [0.1, 0.15) is 29.5 Å². The maximum atomic E-state index is 11.9. The second-order valence-electron chi connectivity index (χ2n) is 7.59. The van der Waals surface area contributed by atoms with Crippen molar-refractivity contribution in [3.8, 4) is 6.07 Å². The van der Waals surface area contributed by atoms with E-state index in [0.717, 1.165) is 24.2 Å². The molecule has 0 atom stereocenters. The molecule has 0 unspecified atom stereocenters. The molecule has 3 heterocycles. The minimum Gasteiger partial charge on any atom is -0.367 e. The van der Waals surface area contributed by atoms with Crippen LogP contribution in [0.3, 0.4) is 0 Å². The van der Waals surface area contributed by atoms with Crippen molar-refractivity contribution in [3.05, 3.63) is 51.8 Å². The van der Waals surface area contributed by atoms with Crippen molar-refractivity contribution >= 4 is 52.6 Å². The number of rotatable bonds is 5. The van der Waals surface area contributed by atoms with Crippen molar-refractivity contribution in [2.24, 2.45) is 0 Å². The van der Waals surface area contributed by atoms with Crippen LogP contribution in [0.15, 0.2) is 30.1 Å². The van der Waals surface area contributed by atoms with Gasteiger partial charge in [0.15, 0.2) is 5.65 Å². The van der Waals surface area contributed by atoms with E-state index < -0.39 is 11.9 Å². The van der Waals surface area contributed by atoms with Crippen LogP contribution in [-0.4, -0.2) is 32.6 Å². The standard InChI is InChI=1S/C21H17ClN8O2/c1-10-17(26-15-5-2-11(8-23)6-14(15)22)28-19-12(7-16-20(31)29-21(32)27-16)9-24-30(19)18(10)25-13-3-4-13/h2,5-7,9,13,25H,3-4H2,1H3,(H,26,28)(H2,27,29,31,32)/b16-7-. The number of nitrogens with zero attached hydrogens (tertiary/aromatic N) is 4. The predicted octanol–water partition coefficient (Wildman–Crippen LogP) is 3.06. The van der Waals surface area contributed by atoms with Gasteiger partial charge >= 0.3 is 6.03 Å². The van der Waals surface area contributed by atoms with Gasteiger partial charge in [-0.15, -0.1) is 0 Å². The molecule has 4 N–H and O–H groups in total. The quantitative estimate of drug-likeness (QED) is 0.348. The summed E-state index contributed by atoms with van der Waals surface area (Å²) < 4.78 is 1.68. The number of aromatic nitrogens is 3. The van der Waals surface area contributed by atoms with Crippen molar-refractivity contribution < 1.29 is 9.59 Å². The Morgan fingerprint density at radius 3 is 2.78 bits per heavy atom. The second-order valence-corrected chi connectivity index (χ2v) is 7.99. The number of nitriles is 1. The number of hydrogen-bond acceptors (Lipinski definition) is 7. The van der Waals surface area contributed by atoms with Crippen LogP contribution in [0, 0.1) is 18.3 Å². The Kier molecular flexibility index (Phi) is 4.68. The molecule has 2 aliphatic rings. The number of amides is 3. The van der Waals surface area contributed by atoms with Gasteiger partial charge < -0.3 is 16.0 Å². The number of urea groups is 1. The molecule has 3 aromatic rings. The summed E-state index contributed by atoms with van der Waals surface area (Å²) in [5.41, 5.74) is 3.06. The van der Waals surface area contributed by atoms with Crippen LogP contribution >= 0.6 is 11.6 Å². The van der Waals surface area contributed by atoms with E-state index in [1.165, 1.54) is 6.08 Å². The summed E-state index contributed by atoms with van der Waals surface area (Å²) in [4.78, 5) is 28.1. The van der Waals surface area contributed by atoms with Gasteiger partial charge in [-0.3, -0.25) is 10.1 Å². The number of nitrogens with one attached hydrogen (secondary N) is 4. The van der Waals surface area contributed by atoms with Gasteiger partial charge in [-0.1, -0.05) is 11.6 Å². The zero-order valence-electron chi connectivity index (χ0n) is 16.9. The Bertz CT molecular complexity index is 1370. The van der Waals surface area contributed by atoms with Crippen LogP contribution in [0.4, 0.5) is 22.1 Å². The lowest BCUT2D eigenvalue weighted by Crippen LogP contribution is -2.22. The average Bonchev–Trinajstić information content (AvgIpc) is 3.42. The van der Waals surface area contributed by atoms with Gasteiger partial charge in [-0.05, 0) is 44.0 Å². The lowest BCUT2D eigenvalue weighted by Gasteiger charge is -2.16. The van der Waals surface area contributed by atoms with Crippen molar-refractivity contribution in [1.82, 2.24) is 25.2 Å². The molecule has 1 saturated heterocycles. The Labute approximate surface area is 187 Å². The molecule has 2 fully saturated rings. The second kappa shape index (κ2) is 7.55. The Morgan fingerprint density at radius 2 is 2.12 bits per heavy atom. The number of halogens is 1. The molecule has 0 radical (unpaired) electrons. The monoisotopic (exact) mass is 448 g/mol. The average molecular weight is 449 g/mol. The summed E-state index contributed by atoms with van der Waals surface area (Å²) in [6.07, 6.45) is 5.25. The third-order valence-corrected chi connectivity index (χ3v) is 5.51. The number of imide groups is 1. The summed E-state index contributed by atoms with van der Waals surface area (Å²) in [5, 5.41) is 25.3. The van der Waals surface area contributed by atoms with Crippen LogP contribution in [0.25, 0.3) is 11.7 Å². The van der Waals surface area contributed by atoms with E-state index in [1.54, 1.807) is 28.9 Å². The zero-order valence-corrected chi connectivity index (χ0v) is 17.6. The number of hydrogen-bond donors (Lipinski definition) is 4. The number of fused-ring (bicyclic) bond motifs is 1. The van der Waals surface area contributed by atoms with Crippen molar-refractivity contribution in [2.45, 2.75) is 25.8 Å². The fourth-order valence-corrected chi connectivity index (χ4v) is 3.58. The summed E-state index contributed by atoms with van der Waals surface area (Å²) in [5.74, 6) is 0.808. The first-order valence-corrected chi connectivity index (χ1v) is 10.3. The first kappa shape index (κ1) is 19.8. The van der Waals surface area contributed by atoms with Crippen LogP contribution in [-0.2, 0) is 4.79 Å². The number of carbonyl (C=O) groups excluding carboxylic acids is 2. The van der Waals surface area contributed by atoms with E-state index in [2.05, 4.69) is 32.4 Å². The summed E-state index contributed by atoms with van der Waals surface area (Å²) in [6, 6.07) is 6.81. The molecular formula is C21H17ClN8O2. The molecule has 3 amide bonds. The van der Waals surface area contributed by atoms with Crippen LogP contribution in [0.5, 0.6) is 0 Å². The molecule has 32 heavy (non-hydrogen) atoms. The van der Waals surface area contributed by atoms with E-state index >= 15 is 0 Å². The molecule has 1 aliphatic heterocycles. The molecule has 10 nitrogen and oxygen atoms in total. The molecule has 160 valence electrons. The largest absolute Gasteiger partial charge is 0.367 e. The number of carbonyl (C=O) groups is 2. The summed E-state index contributed by atoms with van der Waals surface area (Å²) in [7, 11) is 0. The van der Waals surface area contributed by atoms with Crippen molar-refractivity contribution in [3.63, 3.8) is 0 Å². The lowest BCUT2D eigenvalue weighted by molar-refractivity contribution is -0.115. The minimum atomic E-state index is -0.574. The fraction of sp³-hybridized carbons (Fsp3) is 0.190. The van der Waals surface area contributed by atoms with Gasteiger partial charge in [0.25, 0.3) is 5.91 Å². The zero-order chi connectivity index (χ0) is 22.4. The Hall–Kier alpha value is -4.10. The molecule has 1 aliphatic carbocycles. The van der Waals surface area contributed by atoms with Gasteiger partial charge in [0.1, 0.15) is 17.3 Å². The highest BCUT2D eigenvalue weighted by Crippen LogP contribution is 2.33. The third-order valence-electron chi connectivity index (χ3n) is 5.20. The normalized spacial score (nSPS) is 16.7. The molecule has 0 spiro atoms. The molecular weight excluding hydrogens is 432 g/mol. The van der Waals surface area contributed by atoms with Crippen LogP contribution in [0.2, 0.25) is 5.02 Å². The van der Waals surface area contributed by atoms with E-state index in [1.807, 2.05) is 6.92 Å². The van der Waals surface area contributed by atoms with Gasteiger partial charge in [-0.2, -0.15) is 14.9 Å². The van der Waals surface area contributed by atoms with E-state index in [4.69, 9.17) is 21.8 Å². The first-order chi connectivity index (χ1) is 15.4. The highest BCUT2D eigenvalue weighted by Gasteiger charge is 2.26. The highest BCUT2D eigenvalue weighted by molar-refractivity contribution is 6.33. The van der Waals surface area contributed by atoms with Crippen LogP contribution < -0.4 is 21.3 Å². The number of anilines is 3. The van der Waals surface area contributed by atoms with Gasteiger partial charge in [-0.25, -0.2) is 9.78 Å². The predicted molar refractivity (Wildman–Crippen MR) is 118 cm³/mol. The van der Waals surface area contributed by atoms with Gasteiger partial charge in [0.05, 0.1) is 28.5 Å². The Balaban J connectivity index is 1.62. The molecule has 0 bridgehead atoms. The number of benzene rings is 1. The molecule has 1 saturated carbocycles. The molecule has 1 aromatic carbocycles. The van der Waals surface area contributed by atoms with E-state index in [9.17, 15) is 9.59 Å². The minimum absolute atomic E-state index is 0.119. The fourth-order valence-electron chi connectivity index (χ4n) is 3.36. The lowest BCUT2D eigenvalue weighted by atomic mass is 10.2. The van der Waals surface area contributed by atoms with Gasteiger partial charge in [0.2, 0.25) is 0 Å². The SMILES string of the molecule is Cc1c(Nc2ccc(C#N)cc2Cl)nc2c(/C=C3\NC(=O)NC3=O)cnn2c1NC1CC1. The molecule has 2 aromatic heterocycles. The first-order valence-electron chi connectivity index (χ1n) is 9.88. The maximum Gasteiger partial charge on any atom is 0.326 e. The van der Waals surface area contributed by atoms with Crippen molar-refractivity contribution in [2.75, 3.05) is 10.6 Å². The highest BCUT2D eigenvalue weighted by atomic mass is 35.5. The Morgan fingerprint density at radius 1 is 1.31 bits per heavy atom. The summed E-state index contributed by atoms with van der Waals surface area (Å²) in [6.45, 7) is 1.92. The van der Waals surface area contributed by atoms with E-state index in [0.29, 0.717) is 39.3 Å².